The molecule has 0 fully saturated rings. The normalized spacial score (nSPS) is 12.5. The Morgan fingerprint density at radius 3 is 2.00 bits per heavy atom. The molecule has 2 aromatic rings. The van der Waals surface area contributed by atoms with Crippen LogP contribution in [-0.2, 0) is 0 Å². The smallest absolute Gasteiger partial charge is 0.200 e. The van der Waals surface area contributed by atoms with Gasteiger partial charge in [0.25, 0.3) is 0 Å². The molecule has 0 aliphatic carbocycles. The molecule has 7 heteroatoms. The second kappa shape index (κ2) is 5.52. The quantitative estimate of drug-likeness (QED) is 0.508. The average molecular weight is 291 g/mol. The van der Waals surface area contributed by atoms with Crippen molar-refractivity contribution in [1.29, 1.82) is 0 Å². The first kappa shape index (κ1) is 14.4. The Morgan fingerprint density at radius 1 is 1.00 bits per heavy atom. The number of rotatable bonds is 4. The first-order chi connectivity index (χ1) is 9.47. The molecule has 0 aliphatic heterocycles. The van der Waals surface area contributed by atoms with Gasteiger partial charge < -0.3 is 9.73 Å². The molecule has 1 heterocycles. The van der Waals surface area contributed by atoms with E-state index in [0.717, 1.165) is 0 Å². The van der Waals surface area contributed by atoms with E-state index in [-0.39, 0.29) is 0 Å². The van der Waals surface area contributed by atoms with E-state index in [9.17, 15) is 22.0 Å². The van der Waals surface area contributed by atoms with Gasteiger partial charge in [-0.1, -0.05) is 6.92 Å². The third-order valence-corrected chi connectivity index (χ3v) is 2.82. The first-order valence-corrected chi connectivity index (χ1v) is 5.78. The lowest BCUT2D eigenvalue weighted by Crippen LogP contribution is -2.14. The fourth-order valence-electron chi connectivity index (χ4n) is 1.77. The van der Waals surface area contributed by atoms with E-state index >= 15 is 0 Å². The molecule has 1 aromatic carbocycles. The van der Waals surface area contributed by atoms with Gasteiger partial charge >= 0.3 is 0 Å². The van der Waals surface area contributed by atoms with Gasteiger partial charge in [0.15, 0.2) is 23.3 Å². The Kier molecular flexibility index (Phi) is 3.96. The van der Waals surface area contributed by atoms with E-state index in [2.05, 4.69) is 5.32 Å². The van der Waals surface area contributed by atoms with Gasteiger partial charge in [-0.15, -0.1) is 0 Å². The minimum atomic E-state index is -2.18. The van der Waals surface area contributed by atoms with Crippen LogP contribution in [-0.4, -0.2) is 0 Å². The van der Waals surface area contributed by atoms with Crippen molar-refractivity contribution in [3.05, 3.63) is 53.2 Å². The van der Waals surface area contributed by atoms with Gasteiger partial charge in [0, 0.05) is 0 Å². The van der Waals surface area contributed by atoms with Crippen molar-refractivity contribution < 1.29 is 26.4 Å². The highest BCUT2D eigenvalue weighted by Crippen LogP contribution is 2.31. The van der Waals surface area contributed by atoms with Gasteiger partial charge in [-0.3, -0.25) is 0 Å². The topological polar surface area (TPSA) is 25.2 Å². The highest BCUT2D eigenvalue weighted by atomic mass is 19.2. The number of hydrogen-bond acceptors (Lipinski definition) is 2. The van der Waals surface area contributed by atoms with Gasteiger partial charge in [-0.2, -0.15) is 0 Å². The Labute approximate surface area is 111 Å². The van der Waals surface area contributed by atoms with Crippen LogP contribution in [0.15, 0.2) is 22.8 Å². The molecule has 0 bridgehead atoms. The number of benzene rings is 1. The van der Waals surface area contributed by atoms with Crippen molar-refractivity contribution in [3.63, 3.8) is 0 Å². The molecular weight excluding hydrogens is 281 g/mol. The van der Waals surface area contributed by atoms with Gasteiger partial charge in [0.2, 0.25) is 5.82 Å². The second-order valence-electron chi connectivity index (χ2n) is 4.07. The summed E-state index contributed by atoms with van der Waals surface area (Å²) in [7, 11) is 0. The monoisotopic (exact) mass is 291 g/mol. The minimum absolute atomic E-state index is 0.326. The van der Waals surface area contributed by atoms with Crippen LogP contribution in [0.25, 0.3) is 0 Å². The summed E-state index contributed by atoms with van der Waals surface area (Å²) >= 11 is 0. The molecule has 0 spiro atoms. The number of halogens is 5. The van der Waals surface area contributed by atoms with Crippen molar-refractivity contribution >= 4 is 5.69 Å². The van der Waals surface area contributed by atoms with E-state index in [0.29, 0.717) is 12.2 Å². The lowest BCUT2D eigenvalue weighted by molar-refractivity contribution is 0.379. The van der Waals surface area contributed by atoms with Crippen LogP contribution in [0.3, 0.4) is 0 Å². The van der Waals surface area contributed by atoms with Crippen LogP contribution in [0.2, 0.25) is 0 Å². The average Bonchev–Trinajstić information content (AvgIpc) is 2.97. The highest BCUT2D eigenvalue weighted by molar-refractivity contribution is 5.49. The van der Waals surface area contributed by atoms with Crippen molar-refractivity contribution in [2.24, 2.45) is 0 Å². The van der Waals surface area contributed by atoms with E-state index < -0.39 is 40.8 Å². The van der Waals surface area contributed by atoms with Crippen molar-refractivity contribution in [2.75, 3.05) is 5.32 Å². The van der Waals surface area contributed by atoms with Crippen LogP contribution < -0.4 is 5.32 Å². The zero-order valence-electron chi connectivity index (χ0n) is 10.3. The summed E-state index contributed by atoms with van der Waals surface area (Å²) in [6.45, 7) is 1.67. The van der Waals surface area contributed by atoms with Gasteiger partial charge in [-0.05, 0) is 18.6 Å². The molecular formula is C13H10F5NO. The van der Waals surface area contributed by atoms with Crippen molar-refractivity contribution in [2.45, 2.75) is 19.4 Å². The zero-order chi connectivity index (χ0) is 14.9. The molecule has 1 aromatic heterocycles. The molecule has 2 rings (SSSR count). The Balaban J connectivity index is 2.43. The molecule has 1 unspecified atom stereocenters. The summed E-state index contributed by atoms with van der Waals surface area (Å²) in [5.41, 5.74) is -1.07. The second-order valence-corrected chi connectivity index (χ2v) is 4.07. The molecule has 0 saturated carbocycles. The number of hydrogen-bond donors (Lipinski definition) is 1. The summed E-state index contributed by atoms with van der Waals surface area (Å²) in [5.74, 6) is -9.62. The molecule has 0 aliphatic rings. The summed E-state index contributed by atoms with van der Waals surface area (Å²) in [6.07, 6.45) is 1.67. The Morgan fingerprint density at radius 2 is 1.55 bits per heavy atom. The van der Waals surface area contributed by atoms with Crippen molar-refractivity contribution in [1.82, 2.24) is 0 Å². The SMILES string of the molecule is CCC(Nc1c(F)c(F)c(F)c(F)c1F)c1ccco1. The lowest BCUT2D eigenvalue weighted by atomic mass is 10.1. The van der Waals surface area contributed by atoms with Crippen LogP contribution >= 0.6 is 0 Å². The molecule has 2 nitrogen and oxygen atoms in total. The van der Waals surface area contributed by atoms with Gasteiger partial charge in [0.1, 0.15) is 11.4 Å². The molecule has 1 N–H and O–H groups in total. The number of nitrogens with one attached hydrogen (secondary N) is 1. The van der Waals surface area contributed by atoms with Gasteiger partial charge in [0.05, 0.1) is 12.3 Å². The minimum Gasteiger partial charge on any atom is -0.467 e. The third-order valence-electron chi connectivity index (χ3n) is 2.82. The molecule has 20 heavy (non-hydrogen) atoms. The molecule has 0 saturated heterocycles. The fourth-order valence-corrected chi connectivity index (χ4v) is 1.77. The molecule has 0 amide bonds. The van der Waals surface area contributed by atoms with Crippen molar-refractivity contribution in [3.8, 4) is 0 Å². The van der Waals surface area contributed by atoms with E-state index in [4.69, 9.17) is 4.42 Å². The Bertz CT molecular complexity index is 583. The van der Waals surface area contributed by atoms with E-state index in [1.807, 2.05) is 0 Å². The lowest BCUT2D eigenvalue weighted by Gasteiger charge is -2.17. The maximum Gasteiger partial charge on any atom is 0.200 e. The predicted molar refractivity (Wildman–Crippen MR) is 61.6 cm³/mol. The largest absolute Gasteiger partial charge is 0.467 e. The van der Waals surface area contributed by atoms with Crippen LogP contribution in [0.5, 0.6) is 0 Å². The van der Waals surface area contributed by atoms with Gasteiger partial charge in [-0.25, -0.2) is 22.0 Å². The van der Waals surface area contributed by atoms with Crippen LogP contribution in [0, 0.1) is 29.1 Å². The maximum atomic E-state index is 13.5. The van der Waals surface area contributed by atoms with Crippen LogP contribution in [0.4, 0.5) is 27.6 Å². The third kappa shape index (κ3) is 2.35. The zero-order valence-corrected chi connectivity index (χ0v) is 10.3. The summed E-state index contributed by atoms with van der Waals surface area (Å²) < 4.78 is 71.2. The summed E-state index contributed by atoms with van der Waals surface area (Å²) in [5, 5.41) is 2.29. The fraction of sp³-hybridized carbons (Fsp3) is 0.231. The summed E-state index contributed by atoms with van der Waals surface area (Å²) in [4.78, 5) is 0. The summed E-state index contributed by atoms with van der Waals surface area (Å²) in [6, 6.07) is 2.38. The number of anilines is 1. The standard InChI is InChI=1S/C13H10F5NO/c1-2-6(7-4-3-5-20-7)19-13-11(17)9(15)8(14)10(16)12(13)18/h3-6,19H,2H2,1H3. The van der Waals surface area contributed by atoms with E-state index in [1.54, 1.807) is 13.0 Å². The molecule has 108 valence electrons. The first-order valence-electron chi connectivity index (χ1n) is 5.78. The molecule has 0 radical (unpaired) electrons. The molecule has 1 atom stereocenters. The Hall–Kier alpha value is -2.05. The van der Waals surface area contributed by atoms with E-state index in [1.165, 1.54) is 12.3 Å². The number of furan rings is 1. The van der Waals surface area contributed by atoms with Crippen LogP contribution in [0.1, 0.15) is 25.1 Å². The highest BCUT2D eigenvalue weighted by Gasteiger charge is 2.27. The predicted octanol–water partition coefficient (Wildman–Crippen LogP) is 4.54. The maximum absolute atomic E-state index is 13.5.